The van der Waals surface area contributed by atoms with Crippen molar-refractivity contribution in [3.8, 4) is 34.9 Å². The van der Waals surface area contributed by atoms with Gasteiger partial charge in [-0.3, -0.25) is 49.5 Å². The summed E-state index contributed by atoms with van der Waals surface area (Å²) in [5.74, 6) is 1.72. The molecule has 3 aliphatic rings. The maximum absolute atomic E-state index is 12.8. The van der Waals surface area contributed by atoms with Crippen molar-refractivity contribution in [3.05, 3.63) is 133 Å². The van der Waals surface area contributed by atoms with Gasteiger partial charge < -0.3 is 60.1 Å². The second-order valence-electron chi connectivity index (χ2n) is 18.5. The molecule has 0 spiro atoms. The number of hydrogen-bond donors (Lipinski definition) is 4. The maximum Gasteiger partial charge on any atom is 0.414 e. The summed E-state index contributed by atoms with van der Waals surface area (Å²) in [6, 6.07) is 14.9. The molecule has 0 fully saturated rings. The zero-order valence-corrected chi connectivity index (χ0v) is 53.1. The standard InChI is InChI=1S/C19H23N5O6.C19H21N5O6.C17H19N5O3.CH4.U.V/c2*1-2-28-19(25)23-12-13-15(7-6-8-21-13)29-9-4-3-5-10-30-16-11-14(23)17(24(26)27)18(20)22-16;18-16-15-12-9-14(20-16)25-8-3-1-2-7-24-13-5-4-6-19-11(13)10-22(12)17(23)21-15;;;/h6-8,11H,2-5,9-10,12H2,1H3,(H2,20,22);3-4,6-8,11H,2,5,9-10,12H2,1H3,(H2,20,22);4-6,9H,1-3,7-8,10H2,(H2,18,20)(H,21,23);1H4;;. The topological polar surface area (TPSA) is 394 Å². The average molecular weight is 1480 g/mol. The number of nitrogens with one attached hydrogen (secondary N) is 1. The number of ether oxygens (including phenoxy) is 8. The second-order valence-corrected chi connectivity index (χ2v) is 18.5. The molecule has 1 radical (unpaired) electrons. The van der Waals surface area contributed by atoms with Crippen LogP contribution in [-0.4, -0.2) is 114 Å². The molecule has 7 N–H and O–H groups in total. The zero-order valence-electron chi connectivity index (χ0n) is 47.5. The second kappa shape index (κ2) is 34.4. The molecule has 10 rings (SSSR count). The number of carbonyl (C=O) groups is 2. The summed E-state index contributed by atoms with van der Waals surface area (Å²) in [4.78, 5) is 89.9. The van der Waals surface area contributed by atoms with E-state index in [0.29, 0.717) is 84.1 Å². The summed E-state index contributed by atoms with van der Waals surface area (Å²) in [6.07, 6.45) is 12.6. The molecule has 0 aliphatic carbocycles. The first-order valence-corrected chi connectivity index (χ1v) is 27.1. The molecule has 88 heavy (non-hydrogen) atoms. The predicted molar refractivity (Wildman–Crippen MR) is 315 cm³/mol. The van der Waals surface area contributed by atoms with Crippen molar-refractivity contribution in [3.63, 3.8) is 0 Å². The first-order chi connectivity index (χ1) is 41.2. The Balaban J connectivity index is 0.000000237. The Hall–Kier alpha value is -8.91. The SMILES string of the molecule is C.CCOC(=O)N1Cc2ncccc2OCC=CCCOc2cc1c([N+](=O)[O-])c(N)n2.CCOC(=O)N1Cc2ncccc2OCCCCCOc2cc1c([N+](=O)[O-])c(N)n2.Nc1nc2cc3c1[nH]c(=O)n3Cc1ncccc1OCCCCCO2.[U].[V]. The first kappa shape index (κ1) is 69.9. The van der Waals surface area contributed by atoms with Crippen molar-refractivity contribution in [2.75, 3.05) is 79.9 Å². The number of fused-ring (bicyclic) bond motifs is 8. The molecular weight excluding hydrogens is 1410 g/mol. The third kappa shape index (κ3) is 18.3. The molecule has 0 aromatic carbocycles. The van der Waals surface area contributed by atoms with Crippen LogP contribution in [-0.2, 0) is 47.7 Å². The number of aromatic amines is 1. The van der Waals surface area contributed by atoms with Crippen LogP contribution in [0.25, 0.3) is 11.0 Å². The van der Waals surface area contributed by atoms with Crippen LogP contribution in [0.4, 0.5) is 49.8 Å². The number of rotatable bonds is 4. The third-order valence-corrected chi connectivity index (χ3v) is 12.7. The predicted octanol–water partition coefficient (Wildman–Crippen LogP) is 8.24. The van der Waals surface area contributed by atoms with Crippen LogP contribution in [0.2, 0.25) is 0 Å². The minimum atomic E-state index is -0.805. The monoisotopic (exact) mass is 1480 g/mol. The van der Waals surface area contributed by atoms with Crippen LogP contribution in [0.15, 0.2) is 90.1 Å². The quantitative estimate of drug-likeness (QED) is 0.0731. The van der Waals surface area contributed by atoms with E-state index in [-0.39, 0.29) is 149 Å². The molecule has 0 saturated heterocycles. The summed E-state index contributed by atoms with van der Waals surface area (Å²) in [5.41, 5.74) is 18.8. The van der Waals surface area contributed by atoms with Crippen LogP contribution >= 0.6 is 0 Å². The van der Waals surface area contributed by atoms with Crippen LogP contribution in [0.3, 0.4) is 0 Å². The van der Waals surface area contributed by atoms with Crippen molar-refractivity contribution in [1.29, 1.82) is 0 Å². The Bertz CT molecular complexity index is 3600. The minimum absolute atomic E-state index is 0. The van der Waals surface area contributed by atoms with Crippen LogP contribution in [0.5, 0.6) is 34.9 Å². The first-order valence-electron chi connectivity index (χ1n) is 27.1. The molecule has 2 amide bonds. The molecule has 10 heterocycles. The number of nitrogens with two attached hydrogens (primary N) is 3. The molecule has 0 unspecified atom stereocenters. The number of hydrogen-bond acceptors (Lipinski definition) is 24. The summed E-state index contributed by atoms with van der Waals surface area (Å²) in [5, 5.41) is 23.4. The number of nitro groups is 2. The number of nitrogens with zero attached hydrogens (tertiary/aromatic N) is 11. The normalized spacial score (nSPS) is 14.0. The van der Waals surface area contributed by atoms with E-state index in [4.69, 9.17) is 55.1 Å². The van der Waals surface area contributed by atoms with E-state index in [2.05, 4.69) is 34.9 Å². The maximum atomic E-state index is 12.8. The van der Waals surface area contributed by atoms with Gasteiger partial charge in [-0.2, -0.15) is 15.0 Å². The van der Waals surface area contributed by atoms with Crippen molar-refractivity contribution in [1.82, 2.24) is 39.5 Å². The minimum Gasteiger partial charge on any atom is -0.492 e. The number of aromatic nitrogens is 8. The van der Waals surface area contributed by atoms with Gasteiger partial charge in [-0.1, -0.05) is 19.6 Å². The van der Waals surface area contributed by atoms with Gasteiger partial charge in [0, 0.05) is 86.5 Å². The van der Waals surface area contributed by atoms with Crippen molar-refractivity contribution < 1.29 is 107 Å². The Labute approximate surface area is 540 Å². The van der Waals surface area contributed by atoms with Crippen LogP contribution in [0.1, 0.15) is 83.3 Å². The fraction of sp³-hybridized carbons (Fsp3) is 0.375. The molecule has 32 heteroatoms. The largest absolute Gasteiger partial charge is 0.492 e. The van der Waals surface area contributed by atoms with Gasteiger partial charge in [0.05, 0.1) is 81.2 Å². The smallest absolute Gasteiger partial charge is 0.414 e. The number of nitrogen functional groups attached to an aromatic ring is 3. The fourth-order valence-electron chi connectivity index (χ4n) is 8.76. The molecular formula is C56H67N15O15UV. The molecule has 3 aliphatic heterocycles. The van der Waals surface area contributed by atoms with Crippen LogP contribution in [0, 0.1) is 51.3 Å². The number of amides is 2. The van der Waals surface area contributed by atoms with Gasteiger partial charge in [0.2, 0.25) is 29.3 Å². The van der Waals surface area contributed by atoms with Gasteiger partial charge in [-0.15, -0.1) is 0 Å². The van der Waals surface area contributed by atoms with E-state index in [1.165, 1.54) is 18.3 Å². The van der Waals surface area contributed by atoms with Crippen molar-refractivity contribution in [2.45, 2.75) is 85.9 Å². The third-order valence-electron chi connectivity index (χ3n) is 12.7. The number of anilines is 5. The average Bonchev–Trinajstić information content (AvgIpc) is 2.09. The van der Waals surface area contributed by atoms with E-state index >= 15 is 0 Å². The van der Waals surface area contributed by atoms with Gasteiger partial charge in [0.25, 0.3) is 0 Å². The van der Waals surface area contributed by atoms with Gasteiger partial charge in [0.1, 0.15) is 57.8 Å². The van der Waals surface area contributed by atoms with Crippen LogP contribution < -0.4 is 61.1 Å². The molecule has 0 atom stereocenters. The van der Waals surface area contributed by atoms with Gasteiger partial charge in [-0.05, 0) is 95.2 Å². The van der Waals surface area contributed by atoms with Crippen molar-refractivity contribution >= 4 is 63.4 Å². The number of imidazole rings is 1. The Morgan fingerprint density at radius 2 is 1.02 bits per heavy atom. The van der Waals surface area contributed by atoms with E-state index in [1.54, 1.807) is 61.1 Å². The van der Waals surface area contributed by atoms with E-state index < -0.39 is 33.4 Å². The van der Waals surface area contributed by atoms with Gasteiger partial charge in [0.15, 0.2) is 5.82 Å². The summed E-state index contributed by atoms with van der Waals surface area (Å²) in [7, 11) is 0. The molecule has 6 bridgehead atoms. The Morgan fingerprint density at radius 3 is 1.49 bits per heavy atom. The van der Waals surface area contributed by atoms with E-state index in [9.17, 15) is 34.6 Å². The number of pyridine rings is 6. The summed E-state index contributed by atoms with van der Waals surface area (Å²) in [6.45, 7) is 5.94. The molecule has 0 saturated carbocycles. The summed E-state index contributed by atoms with van der Waals surface area (Å²) >= 11 is 0. The van der Waals surface area contributed by atoms with Gasteiger partial charge >= 0.3 is 29.3 Å². The number of carbonyl (C=O) groups excluding carboxylic acids is 2. The Kier molecular flexibility index (Phi) is 27.3. The molecule has 7 aromatic heterocycles. The zero-order chi connectivity index (χ0) is 60.2. The van der Waals surface area contributed by atoms with E-state index in [0.717, 1.165) is 48.3 Å². The van der Waals surface area contributed by atoms with Crippen molar-refractivity contribution in [2.24, 2.45) is 0 Å². The molecule has 465 valence electrons. The van der Waals surface area contributed by atoms with Gasteiger partial charge in [-0.25, -0.2) is 14.4 Å². The number of H-pyrrole nitrogens is 1. The molecule has 7 aromatic rings. The Morgan fingerprint density at radius 1 is 0.602 bits per heavy atom. The fourth-order valence-corrected chi connectivity index (χ4v) is 8.76. The molecule has 30 nitrogen and oxygen atoms in total. The summed E-state index contributed by atoms with van der Waals surface area (Å²) < 4.78 is 46.1. The van der Waals surface area contributed by atoms with E-state index in [1.807, 2.05) is 24.3 Å².